The summed E-state index contributed by atoms with van der Waals surface area (Å²) in [5, 5.41) is 3.64. The van der Waals surface area contributed by atoms with Gasteiger partial charge in [0.05, 0.1) is 18.6 Å². The number of hydrogen-bond acceptors (Lipinski definition) is 5. The van der Waals surface area contributed by atoms with E-state index in [9.17, 15) is 18.0 Å². The van der Waals surface area contributed by atoms with Gasteiger partial charge in [0.25, 0.3) is 0 Å². The van der Waals surface area contributed by atoms with Gasteiger partial charge >= 0.3 is 0 Å². The molecule has 2 atom stereocenters. The monoisotopic (exact) mass is 633 g/mol. The molecule has 0 unspecified atom stereocenters. The van der Waals surface area contributed by atoms with Crippen molar-refractivity contribution in [2.24, 2.45) is 0 Å². The topological polar surface area (TPSA) is 96.0 Å². The third-order valence-corrected chi connectivity index (χ3v) is 8.63. The van der Waals surface area contributed by atoms with Crippen molar-refractivity contribution in [1.29, 1.82) is 0 Å². The Morgan fingerprint density at radius 1 is 0.929 bits per heavy atom. The first-order chi connectivity index (χ1) is 19.9. The molecule has 226 valence electrons. The highest BCUT2D eigenvalue weighted by molar-refractivity contribution is 7.92. The van der Waals surface area contributed by atoms with Crippen LogP contribution in [0.25, 0.3) is 0 Å². The van der Waals surface area contributed by atoms with Crippen molar-refractivity contribution in [2.75, 3.05) is 23.7 Å². The molecule has 2 amide bonds. The van der Waals surface area contributed by atoms with Gasteiger partial charge in [0.1, 0.15) is 18.3 Å². The lowest BCUT2D eigenvalue weighted by molar-refractivity contribution is -0.140. The number of amides is 2. The van der Waals surface area contributed by atoms with Crippen LogP contribution in [-0.2, 0) is 32.6 Å². The average Bonchev–Trinajstić information content (AvgIpc) is 2.95. The number of ether oxygens (including phenoxy) is 1. The minimum absolute atomic E-state index is 0.107. The van der Waals surface area contributed by atoms with E-state index in [0.29, 0.717) is 34.4 Å². The lowest BCUT2D eigenvalue weighted by atomic mass is 10.0. The lowest BCUT2D eigenvalue weighted by Crippen LogP contribution is -2.54. The van der Waals surface area contributed by atoms with Gasteiger partial charge in [0.2, 0.25) is 21.8 Å². The Hall–Kier alpha value is -3.27. The Kier molecular flexibility index (Phi) is 12.1. The van der Waals surface area contributed by atoms with Crippen molar-refractivity contribution in [3.8, 4) is 5.75 Å². The van der Waals surface area contributed by atoms with Crippen LogP contribution in [0.1, 0.15) is 38.3 Å². The number of halogens is 2. The van der Waals surface area contributed by atoms with Crippen LogP contribution in [0.5, 0.6) is 5.75 Å². The van der Waals surface area contributed by atoms with Crippen LogP contribution in [0.2, 0.25) is 10.0 Å². The normalized spacial score (nSPS) is 12.7. The van der Waals surface area contributed by atoms with Crippen LogP contribution in [0.15, 0.2) is 72.8 Å². The third kappa shape index (κ3) is 9.11. The summed E-state index contributed by atoms with van der Waals surface area (Å²) in [5.74, 6) is -0.386. The van der Waals surface area contributed by atoms with Crippen LogP contribution in [-0.4, -0.2) is 56.6 Å². The quantitative estimate of drug-likeness (QED) is 0.245. The van der Waals surface area contributed by atoms with Gasteiger partial charge in [-0.2, -0.15) is 0 Å². The Labute approximate surface area is 258 Å². The first kappa shape index (κ1) is 33.2. The predicted octanol–water partition coefficient (Wildman–Crippen LogP) is 5.71. The van der Waals surface area contributed by atoms with E-state index in [4.69, 9.17) is 27.9 Å². The Morgan fingerprint density at radius 2 is 1.55 bits per heavy atom. The molecule has 0 saturated heterocycles. The van der Waals surface area contributed by atoms with Crippen LogP contribution < -0.4 is 14.4 Å². The van der Waals surface area contributed by atoms with Crippen molar-refractivity contribution in [2.45, 2.75) is 52.2 Å². The standard InChI is InChI=1S/C31H37Cl2N3O5S/c1-5-22(3)34-31(38)29(19-23-11-8-7-9-12-23)35(20-26-27(32)13-10-14-28(26)33)30(37)21-36(42(4,39)40)24-15-17-25(18-16-24)41-6-2/h7-18,22,29H,5-6,19-21H2,1-4H3,(H,34,38)/t22-,29+/m0/s1. The number of anilines is 1. The highest BCUT2D eigenvalue weighted by atomic mass is 35.5. The summed E-state index contributed by atoms with van der Waals surface area (Å²) in [6, 6.07) is 19.6. The molecule has 11 heteroatoms. The molecule has 3 aromatic rings. The van der Waals surface area contributed by atoms with Gasteiger partial charge in [-0.05, 0) is 62.2 Å². The van der Waals surface area contributed by atoms with E-state index in [1.807, 2.05) is 51.1 Å². The predicted molar refractivity (Wildman–Crippen MR) is 169 cm³/mol. The zero-order valence-electron chi connectivity index (χ0n) is 24.2. The van der Waals surface area contributed by atoms with Crippen molar-refractivity contribution in [1.82, 2.24) is 10.2 Å². The van der Waals surface area contributed by atoms with Gasteiger partial charge in [-0.25, -0.2) is 8.42 Å². The second-order valence-corrected chi connectivity index (χ2v) is 12.7. The van der Waals surface area contributed by atoms with Crippen molar-refractivity contribution >= 4 is 50.7 Å². The molecule has 0 aliphatic carbocycles. The van der Waals surface area contributed by atoms with Crippen LogP contribution >= 0.6 is 23.2 Å². The van der Waals surface area contributed by atoms with Gasteiger partial charge in [-0.15, -0.1) is 0 Å². The largest absolute Gasteiger partial charge is 0.494 e. The molecular formula is C31H37Cl2N3O5S. The van der Waals surface area contributed by atoms with Crippen LogP contribution in [0.4, 0.5) is 5.69 Å². The lowest BCUT2D eigenvalue weighted by Gasteiger charge is -2.34. The molecule has 8 nitrogen and oxygen atoms in total. The van der Waals surface area contributed by atoms with Gasteiger partial charge in [-0.3, -0.25) is 13.9 Å². The number of nitrogens with zero attached hydrogens (tertiary/aromatic N) is 2. The zero-order chi connectivity index (χ0) is 30.9. The average molecular weight is 635 g/mol. The molecule has 0 aliphatic rings. The van der Waals surface area contributed by atoms with E-state index in [1.165, 1.54) is 4.90 Å². The van der Waals surface area contributed by atoms with E-state index in [-0.39, 0.29) is 30.6 Å². The minimum Gasteiger partial charge on any atom is -0.494 e. The van der Waals surface area contributed by atoms with E-state index in [1.54, 1.807) is 42.5 Å². The SMILES string of the molecule is CCOc1ccc(N(CC(=O)N(Cc2c(Cl)cccc2Cl)[C@H](Cc2ccccc2)C(=O)N[C@@H](C)CC)S(C)(=O)=O)cc1. The second kappa shape index (κ2) is 15.3. The molecule has 0 aliphatic heterocycles. The van der Waals surface area contributed by atoms with Crippen molar-refractivity contribution in [3.05, 3.63) is 94.0 Å². The number of sulfonamides is 1. The van der Waals surface area contributed by atoms with E-state index in [2.05, 4.69) is 5.32 Å². The van der Waals surface area contributed by atoms with Gasteiger partial charge in [-0.1, -0.05) is 66.5 Å². The maximum atomic E-state index is 14.2. The molecular weight excluding hydrogens is 597 g/mol. The number of nitrogens with one attached hydrogen (secondary N) is 1. The van der Waals surface area contributed by atoms with E-state index in [0.717, 1.165) is 16.1 Å². The molecule has 0 spiro atoms. The molecule has 1 N–H and O–H groups in total. The summed E-state index contributed by atoms with van der Waals surface area (Å²) < 4.78 is 32.4. The van der Waals surface area contributed by atoms with E-state index < -0.39 is 28.5 Å². The Morgan fingerprint density at radius 3 is 2.10 bits per heavy atom. The molecule has 3 aromatic carbocycles. The number of hydrogen-bond donors (Lipinski definition) is 1. The van der Waals surface area contributed by atoms with Gasteiger partial charge in [0.15, 0.2) is 0 Å². The molecule has 0 bridgehead atoms. The first-order valence-corrected chi connectivity index (χ1v) is 16.3. The molecule has 3 rings (SSSR count). The summed E-state index contributed by atoms with van der Waals surface area (Å²) >= 11 is 13.0. The highest BCUT2D eigenvalue weighted by Gasteiger charge is 2.34. The molecule has 42 heavy (non-hydrogen) atoms. The second-order valence-electron chi connectivity index (χ2n) is 9.94. The third-order valence-electron chi connectivity index (χ3n) is 6.78. The molecule has 0 heterocycles. The summed E-state index contributed by atoms with van der Waals surface area (Å²) in [4.78, 5) is 29.3. The van der Waals surface area contributed by atoms with Crippen LogP contribution in [0, 0.1) is 0 Å². The molecule has 0 radical (unpaired) electrons. The Bertz CT molecular complexity index is 1430. The minimum atomic E-state index is -3.90. The zero-order valence-corrected chi connectivity index (χ0v) is 26.5. The smallest absolute Gasteiger partial charge is 0.244 e. The van der Waals surface area contributed by atoms with Crippen LogP contribution in [0.3, 0.4) is 0 Å². The number of benzene rings is 3. The summed E-state index contributed by atoms with van der Waals surface area (Å²) in [6.07, 6.45) is 1.91. The fourth-order valence-corrected chi connectivity index (χ4v) is 5.70. The maximum Gasteiger partial charge on any atom is 0.244 e. The number of carbonyl (C=O) groups excluding carboxylic acids is 2. The number of rotatable bonds is 14. The summed E-state index contributed by atoms with van der Waals surface area (Å²) in [7, 11) is -3.90. The maximum absolute atomic E-state index is 14.2. The van der Waals surface area contributed by atoms with Gasteiger partial charge in [0, 0.05) is 34.6 Å². The van der Waals surface area contributed by atoms with Crippen molar-refractivity contribution in [3.63, 3.8) is 0 Å². The van der Waals surface area contributed by atoms with Crippen molar-refractivity contribution < 1.29 is 22.7 Å². The first-order valence-electron chi connectivity index (χ1n) is 13.7. The highest BCUT2D eigenvalue weighted by Crippen LogP contribution is 2.28. The molecule has 0 aromatic heterocycles. The fourth-order valence-electron chi connectivity index (χ4n) is 4.34. The molecule has 0 saturated carbocycles. The Balaban J connectivity index is 2.08. The fraction of sp³-hybridized carbons (Fsp3) is 0.355. The number of carbonyl (C=O) groups is 2. The summed E-state index contributed by atoms with van der Waals surface area (Å²) in [5.41, 5.74) is 1.57. The van der Waals surface area contributed by atoms with E-state index >= 15 is 0 Å². The molecule has 0 fully saturated rings. The van der Waals surface area contributed by atoms with Gasteiger partial charge < -0.3 is 15.0 Å². The summed E-state index contributed by atoms with van der Waals surface area (Å²) in [6.45, 7) is 5.48.